The van der Waals surface area contributed by atoms with Crippen LogP contribution in [0, 0.1) is 22.7 Å². The molecule has 5 nitrogen and oxygen atoms in total. The standard InChI is InChI=1S/C5H2N2O3/c6-2-1-4(3-7)10-5(8)9/h1H,(H,8,9)/b4-1+. The van der Waals surface area contributed by atoms with Crippen molar-refractivity contribution < 1.29 is 14.6 Å². The van der Waals surface area contributed by atoms with Crippen LogP contribution in [0.5, 0.6) is 0 Å². The lowest BCUT2D eigenvalue weighted by atomic mass is 10.5. The van der Waals surface area contributed by atoms with Crippen molar-refractivity contribution in [1.29, 1.82) is 10.5 Å². The fraction of sp³-hybridized carbons (Fsp3) is 0. The normalized spacial score (nSPS) is 9.20. The summed E-state index contributed by atoms with van der Waals surface area (Å²) >= 11 is 0. The summed E-state index contributed by atoms with van der Waals surface area (Å²) in [6, 6.07) is 2.82. The monoisotopic (exact) mass is 138 g/mol. The van der Waals surface area contributed by atoms with E-state index in [1.165, 1.54) is 12.1 Å². The quantitative estimate of drug-likeness (QED) is 0.325. The molecule has 5 heteroatoms. The van der Waals surface area contributed by atoms with Gasteiger partial charge < -0.3 is 9.84 Å². The summed E-state index contributed by atoms with van der Waals surface area (Å²) in [5.74, 6) is -0.532. The van der Waals surface area contributed by atoms with E-state index in [1.807, 2.05) is 0 Å². The molecule has 0 aliphatic heterocycles. The lowest BCUT2D eigenvalue weighted by Crippen LogP contribution is -1.97. The fourth-order valence-corrected chi connectivity index (χ4v) is 0.237. The maximum atomic E-state index is 9.72. The van der Waals surface area contributed by atoms with Gasteiger partial charge in [0.2, 0.25) is 5.76 Å². The zero-order valence-corrected chi connectivity index (χ0v) is 4.74. The molecule has 0 aliphatic carbocycles. The second-order valence-electron chi connectivity index (χ2n) is 1.12. The Morgan fingerprint density at radius 1 is 1.60 bits per heavy atom. The molecule has 0 fully saturated rings. The summed E-state index contributed by atoms with van der Waals surface area (Å²) in [5.41, 5.74) is 0. The summed E-state index contributed by atoms with van der Waals surface area (Å²) < 4.78 is 3.83. The maximum Gasteiger partial charge on any atom is 0.512 e. The predicted molar refractivity (Wildman–Crippen MR) is 28.4 cm³/mol. The van der Waals surface area contributed by atoms with Gasteiger partial charge in [0.25, 0.3) is 0 Å². The molecule has 0 aromatic heterocycles. The van der Waals surface area contributed by atoms with Crippen LogP contribution in [0.3, 0.4) is 0 Å². The number of hydrogen-bond acceptors (Lipinski definition) is 4. The van der Waals surface area contributed by atoms with Gasteiger partial charge in [0.15, 0.2) is 0 Å². The van der Waals surface area contributed by atoms with Gasteiger partial charge in [-0.15, -0.1) is 0 Å². The molecule has 0 aliphatic rings. The molecule has 0 aromatic carbocycles. The van der Waals surface area contributed by atoms with Crippen LogP contribution < -0.4 is 0 Å². The summed E-state index contributed by atoms with van der Waals surface area (Å²) in [5, 5.41) is 23.9. The third-order valence-corrected chi connectivity index (χ3v) is 0.503. The van der Waals surface area contributed by atoms with Crippen molar-refractivity contribution in [2.45, 2.75) is 0 Å². The van der Waals surface area contributed by atoms with Gasteiger partial charge in [-0.2, -0.15) is 10.5 Å². The number of carbonyl (C=O) groups is 1. The van der Waals surface area contributed by atoms with Gasteiger partial charge in [-0.3, -0.25) is 0 Å². The van der Waals surface area contributed by atoms with Crippen LogP contribution in [0.25, 0.3) is 0 Å². The first kappa shape index (κ1) is 7.99. The molecule has 0 saturated heterocycles. The Labute approximate surface area is 56.4 Å². The van der Waals surface area contributed by atoms with E-state index in [0.29, 0.717) is 6.08 Å². The molecule has 1 N–H and O–H groups in total. The number of carboxylic acid groups (broad SMARTS) is 1. The highest BCUT2D eigenvalue weighted by atomic mass is 16.7. The zero-order valence-electron chi connectivity index (χ0n) is 4.74. The predicted octanol–water partition coefficient (Wildman–Crippen LogP) is 0.612. The molecule has 0 saturated carbocycles. The fourth-order valence-electron chi connectivity index (χ4n) is 0.237. The first-order valence-corrected chi connectivity index (χ1v) is 2.11. The van der Waals surface area contributed by atoms with E-state index in [2.05, 4.69) is 4.74 Å². The Kier molecular flexibility index (Phi) is 3.14. The lowest BCUT2D eigenvalue weighted by molar-refractivity contribution is 0.122. The first-order chi connectivity index (χ1) is 4.70. The Balaban J connectivity index is 4.17. The van der Waals surface area contributed by atoms with Gasteiger partial charge in [0.1, 0.15) is 6.07 Å². The number of hydrogen-bond donors (Lipinski definition) is 1. The molecule has 10 heavy (non-hydrogen) atoms. The van der Waals surface area contributed by atoms with E-state index in [0.717, 1.165) is 0 Å². The Morgan fingerprint density at radius 3 is 2.50 bits per heavy atom. The molecular formula is C5H2N2O3. The number of nitrogens with zero attached hydrogens (tertiary/aromatic N) is 2. The Morgan fingerprint density at radius 2 is 2.20 bits per heavy atom. The van der Waals surface area contributed by atoms with Crippen molar-refractivity contribution in [3.63, 3.8) is 0 Å². The molecule has 0 atom stereocenters. The Bertz CT molecular complexity index is 243. The number of allylic oxidation sites excluding steroid dienone is 2. The van der Waals surface area contributed by atoms with Crippen LogP contribution in [-0.2, 0) is 4.74 Å². The van der Waals surface area contributed by atoms with E-state index in [4.69, 9.17) is 15.6 Å². The average Bonchev–Trinajstić information content (AvgIpc) is 1.86. The van der Waals surface area contributed by atoms with E-state index in [9.17, 15) is 4.79 Å². The van der Waals surface area contributed by atoms with Crippen LogP contribution in [-0.4, -0.2) is 11.3 Å². The van der Waals surface area contributed by atoms with Gasteiger partial charge in [-0.1, -0.05) is 0 Å². The highest BCUT2D eigenvalue weighted by Gasteiger charge is 2.00. The molecule has 0 radical (unpaired) electrons. The molecule has 0 spiro atoms. The van der Waals surface area contributed by atoms with Crippen LogP contribution in [0.2, 0.25) is 0 Å². The minimum atomic E-state index is -1.61. The van der Waals surface area contributed by atoms with Crippen molar-refractivity contribution in [2.75, 3.05) is 0 Å². The summed E-state index contributed by atoms with van der Waals surface area (Å²) in [6.45, 7) is 0. The highest BCUT2D eigenvalue weighted by molar-refractivity contribution is 5.59. The summed E-state index contributed by atoms with van der Waals surface area (Å²) in [7, 11) is 0. The molecule has 0 unspecified atom stereocenters. The molecule has 0 bridgehead atoms. The molecular weight excluding hydrogens is 136 g/mol. The van der Waals surface area contributed by atoms with Crippen LogP contribution in [0.1, 0.15) is 0 Å². The molecule has 0 amide bonds. The average molecular weight is 138 g/mol. The van der Waals surface area contributed by atoms with E-state index >= 15 is 0 Å². The molecule has 0 aromatic rings. The molecule has 0 rings (SSSR count). The minimum Gasteiger partial charge on any atom is -0.449 e. The third-order valence-electron chi connectivity index (χ3n) is 0.503. The van der Waals surface area contributed by atoms with Gasteiger partial charge >= 0.3 is 6.16 Å². The third kappa shape index (κ3) is 3.05. The van der Waals surface area contributed by atoms with Crippen LogP contribution in [0.4, 0.5) is 4.79 Å². The highest BCUT2D eigenvalue weighted by Crippen LogP contribution is 1.93. The molecule has 0 heterocycles. The van der Waals surface area contributed by atoms with Crippen molar-refractivity contribution in [2.24, 2.45) is 0 Å². The van der Waals surface area contributed by atoms with Crippen molar-refractivity contribution in [3.8, 4) is 12.1 Å². The summed E-state index contributed by atoms with van der Waals surface area (Å²) in [6.07, 6.45) is -0.906. The Hall–Kier alpha value is -2.01. The summed E-state index contributed by atoms with van der Waals surface area (Å²) in [4.78, 5) is 9.72. The lowest BCUT2D eigenvalue weighted by Gasteiger charge is -1.90. The van der Waals surface area contributed by atoms with Crippen molar-refractivity contribution in [1.82, 2.24) is 0 Å². The van der Waals surface area contributed by atoms with Crippen molar-refractivity contribution in [3.05, 3.63) is 11.8 Å². The van der Waals surface area contributed by atoms with Gasteiger partial charge in [-0.05, 0) is 0 Å². The maximum absolute atomic E-state index is 9.72. The van der Waals surface area contributed by atoms with E-state index in [1.54, 1.807) is 0 Å². The van der Waals surface area contributed by atoms with E-state index < -0.39 is 11.9 Å². The number of rotatable bonds is 1. The SMILES string of the molecule is N#C/C=C(\C#N)OC(=O)O. The number of nitriles is 2. The van der Waals surface area contributed by atoms with E-state index in [-0.39, 0.29) is 0 Å². The van der Waals surface area contributed by atoms with Gasteiger partial charge in [0, 0.05) is 0 Å². The van der Waals surface area contributed by atoms with Gasteiger partial charge in [-0.25, -0.2) is 4.79 Å². The largest absolute Gasteiger partial charge is 0.512 e. The van der Waals surface area contributed by atoms with Gasteiger partial charge in [0.05, 0.1) is 12.1 Å². The first-order valence-electron chi connectivity index (χ1n) is 2.11. The zero-order chi connectivity index (χ0) is 7.98. The minimum absolute atomic E-state index is 0.532. The molecule has 50 valence electrons. The smallest absolute Gasteiger partial charge is 0.449 e. The second kappa shape index (κ2) is 3.93. The van der Waals surface area contributed by atoms with Crippen molar-refractivity contribution >= 4 is 6.16 Å². The second-order valence-corrected chi connectivity index (χ2v) is 1.12. The topological polar surface area (TPSA) is 94.1 Å². The van der Waals surface area contributed by atoms with Crippen LogP contribution >= 0.6 is 0 Å². The van der Waals surface area contributed by atoms with Crippen LogP contribution in [0.15, 0.2) is 11.8 Å². The number of ether oxygens (including phenoxy) is 1.